The van der Waals surface area contributed by atoms with Crippen LogP contribution in [0.4, 0.5) is 0 Å². The first-order chi connectivity index (χ1) is 8.29. The zero-order chi connectivity index (χ0) is 12.1. The van der Waals surface area contributed by atoms with Gasteiger partial charge in [0.2, 0.25) is 0 Å². The second-order valence-corrected chi connectivity index (χ2v) is 5.32. The van der Waals surface area contributed by atoms with Crippen LogP contribution in [0.5, 0.6) is 0 Å². The minimum atomic E-state index is 0.363. The Hall–Kier alpha value is -1.05. The Labute approximate surface area is 104 Å². The molecule has 1 heterocycles. The van der Waals surface area contributed by atoms with Crippen LogP contribution in [-0.2, 0) is 11.3 Å². The van der Waals surface area contributed by atoms with Crippen LogP contribution < -0.4 is 0 Å². The van der Waals surface area contributed by atoms with E-state index in [0.717, 1.165) is 32.2 Å². The van der Waals surface area contributed by atoms with Gasteiger partial charge in [-0.15, -0.1) is 0 Å². The number of carbonyl (C=O) groups is 1. The molecule has 0 spiro atoms. The van der Waals surface area contributed by atoms with Gasteiger partial charge in [-0.3, -0.25) is 4.79 Å². The highest BCUT2D eigenvalue weighted by Crippen LogP contribution is 2.33. The average molecular weight is 233 g/mol. The molecule has 2 rings (SSSR count). The van der Waals surface area contributed by atoms with Gasteiger partial charge in [0.05, 0.1) is 0 Å². The first kappa shape index (κ1) is 12.4. The van der Waals surface area contributed by atoms with Crippen LogP contribution in [0.15, 0.2) is 24.5 Å². The molecule has 0 N–H and O–H groups in total. The van der Waals surface area contributed by atoms with E-state index >= 15 is 0 Å². The normalized spacial score (nSPS) is 24.4. The van der Waals surface area contributed by atoms with E-state index in [4.69, 9.17) is 0 Å². The van der Waals surface area contributed by atoms with E-state index in [1.807, 2.05) is 0 Å². The highest BCUT2D eigenvalue weighted by molar-refractivity contribution is 5.83. The Morgan fingerprint density at radius 1 is 1.29 bits per heavy atom. The summed E-state index contributed by atoms with van der Waals surface area (Å²) in [5.74, 6) is 1.57. The molecular weight excluding hydrogens is 210 g/mol. The molecule has 1 aromatic heterocycles. The van der Waals surface area contributed by atoms with Crippen molar-refractivity contribution in [1.29, 1.82) is 0 Å². The molecule has 2 unspecified atom stereocenters. The predicted octanol–water partition coefficient (Wildman–Crippen LogP) is 3.66. The minimum absolute atomic E-state index is 0.363. The number of carbonyl (C=O) groups excluding carboxylic acids is 1. The molecule has 2 atom stereocenters. The summed E-state index contributed by atoms with van der Waals surface area (Å²) in [6.45, 7) is 3.26. The van der Waals surface area contributed by atoms with Crippen molar-refractivity contribution in [2.24, 2.45) is 11.8 Å². The van der Waals surface area contributed by atoms with Crippen LogP contribution in [-0.4, -0.2) is 10.4 Å². The van der Waals surface area contributed by atoms with Crippen LogP contribution in [0.25, 0.3) is 0 Å². The average Bonchev–Trinajstić information content (AvgIpc) is 2.90. The number of Topliss-reactive ketones (excluding diaryl/α,β-unsaturated/α-hetero) is 1. The van der Waals surface area contributed by atoms with Crippen LogP contribution >= 0.6 is 0 Å². The maximum absolute atomic E-state index is 11.8. The second kappa shape index (κ2) is 6.04. The molecule has 1 aliphatic carbocycles. The van der Waals surface area contributed by atoms with Gasteiger partial charge in [-0.1, -0.05) is 19.8 Å². The van der Waals surface area contributed by atoms with Crippen molar-refractivity contribution >= 4 is 5.78 Å². The van der Waals surface area contributed by atoms with E-state index in [1.54, 1.807) is 0 Å². The number of rotatable bonds is 6. The Balaban J connectivity index is 1.70. The lowest BCUT2D eigenvalue weighted by Gasteiger charge is -2.09. The van der Waals surface area contributed by atoms with E-state index in [-0.39, 0.29) is 0 Å². The molecule has 0 aromatic carbocycles. The van der Waals surface area contributed by atoms with Crippen LogP contribution in [0.2, 0.25) is 0 Å². The molecule has 2 heteroatoms. The highest BCUT2D eigenvalue weighted by Gasteiger charge is 2.30. The number of aromatic nitrogens is 1. The number of hydrogen-bond donors (Lipinski definition) is 0. The van der Waals surface area contributed by atoms with Gasteiger partial charge >= 0.3 is 0 Å². The van der Waals surface area contributed by atoms with Gasteiger partial charge in [0.25, 0.3) is 0 Å². The Kier molecular flexibility index (Phi) is 4.41. The molecule has 1 saturated carbocycles. The Morgan fingerprint density at radius 2 is 2.06 bits per heavy atom. The summed E-state index contributed by atoms with van der Waals surface area (Å²) in [6, 6.07) is 4.11. The van der Waals surface area contributed by atoms with Crippen molar-refractivity contribution in [1.82, 2.24) is 4.57 Å². The Morgan fingerprint density at radius 3 is 2.76 bits per heavy atom. The number of aryl methyl sites for hydroxylation is 1. The number of nitrogens with zero attached hydrogens (tertiary/aromatic N) is 1. The maximum atomic E-state index is 11.8. The molecule has 0 saturated heterocycles. The summed E-state index contributed by atoms with van der Waals surface area (Å²) in [7, 11) is 0. The number of hydrogen-bond acceptors (Lipinski definition) is 1. The topological polar surface area (TPSA) is 22.0 Å². The smallest absolute Gasteiger partial charge is 0.136 e. The molecule has 0 radical (unpaired) electrons. The fourth-order valence-corrected chi connectivity index (χ4v) is 3.01. The Bertz CT molecular complexity index is 342. The molecule has 2 nitrogen and oxygen atoms in total. The summed E-state index contributed by atoms with van der Waals surface area (Å²) >= 11 is 0. The van der Waals surface area contributed by atoms with E-state index in [9.17, 15) is 4.79 Å². The van der Waals surface area contributed by atoms with Crippen LogP contribution in [0, 0.1) is 11.8 Å². The quantitative estimate of drug-likeness (QED) is 0.735. The molecule has 1 aliphatic rings. The SMILES string of the molecule is CCCC1CC(=O)C(CCCn2cccc2)C1. The first-order valence-corrected chi connectivity index (χ1v) is 6.93. The summed E-state index contributed by atoms with van der Waals surface area (Å²) in [5, 5.41) is 0. The van der Waals surface area contributed by atoms with Crippen molar-refractivity contribution in [3.63, 3.8) is 0 Å². The molecule has 94 valence electrons. The van der Waals surface area contributed by atoms with E-state index < -0.39 is 0 Å². The highest BCUT2D eigenvalue weighted by atomic mass is 16.1. The lowest BCUT2D eigenvalue weighted by atomic mass is 9.97. The van der Waals surface area contributed by atoms with Gasteiger partial charge in [-0.2, -0.15) is 0 Å². The molecule has 17 heavy (non-hydrogen) atoms. The lowest BCUT2D eigenvalue weighted by molar-refractivity contribution is -0.121. The zero-order valence-corrected chi connectivity index (χ0v) is 10.8. The van der Waals surface area contributed by atoms with Crippen molar-refractivity contribution in [2.45, 2.75) is 52.0 Å². The molecule has 0 amide bonds. The third-order valence-electron chi connectivity index (χ3n) is 3.90. The third-order valence-corrected chi connectivity index (χ3v) is 3.90. The van der Waals surface area contributed by atoms with Crippen molar-refractivity contribution in [3.8, 4) is 0 Å². The largest absolute Gasteiger partial charge is 0.354 e. The van der Waals surface area contributed by atoms with Gasteiger partial charge in [-0.05, 0) is 37.3 Å². The fraction of sp³-hybridized carbons (Fsp3) is 0.667. The summed E-state index contributed by atoms with van der Waals surface area (Å²) in [5.41, 5.74) is 0. The summed E-state index contributed by atoms with van der Waals surface area (Å²) < 4.78 is 2.20. The summed E-state index contributed by atoms with van der Waals surface area (Å²) in [4.78, 5) is 11.8. The van der Waals surface area contributed by atoms with Gasteiger partial charge in [0.1, 0.15) is 5.78 Å². The van der Waals surface area contributed by atoms with Crippen molar-refractivity contribution in [2.75, 3.05) is 0 Å². The van der Waals surface area contributed by atoms with Gasteiger partial charge in [-0.25, -0.2) is 0 Å². The number of ketones is 1. The van der Waals surface area contributed by atoms with Crippen molar-refractivity contribution < 1.29 is 4.79 Å². The molecule has 0 bridgehead atoms. The lowest BCUT2D eigenvalue weighted by Crippen LogP contribution is -2.07. The summed E-state index contributed by atoms with van der Waals surface area (Å²) in [6.07, 6.45) is 10.8. The van der Waals surface area contributed by atoms with Gasteiger partial charge in [0.15, 0.2) is 0 Å². The molecule has 0 aliphatic heterocycles. The molecular formula is C15H23NO. The van der Waals surface area contributed by atoms with Crippen LogP contribution in [0.1, 0.15) is 45.4 Å². The first-order valence-electron chi connectivity index (χ1n) is 6.93. The third kappa shape index (κ3) is 3.45. The molecule has 1 aromatic rings. The minimum Gasteiger partial charge on any atom is -0.354 e. The zero-order valence-electron chi connectivity index (χ0n) is 10.8. The van der Waals surface area contributed by atoms with Gasteiger partial charge < -0.3 is 4.57 Å². The monoisotopic (exact) mass is 233 g/mol. The van der Waals surface area contributed by atoms with E-state index in [2.05, 4.69) is 36.0 Å². The van der Waals surface area contributed by atoms with E-state index in [0.29, 0.717) is 17.6 Å². The predicted molar refractivity (Wildman–Crippen MR) is 69.8 cm³/mol. The van der Waals surface area contributed by atoms with Gasteiger partial charge in [0, 0.05) is 31.3 Å². The molecule has 1 fully saturated rings. The second-order valence-electron chi connectivity index (χ2n) is 5.32. The van der Waals surface area contributed by atoms with Crippen LogP contribution in [0.3, 0.4) is 0 Å². The fourth-order valence-electron chi connectivity index (χ4n) is 3.01. The standard InChI is InChI=1S/C15H23NO/c1-2-6-13-11-14(15(17)12-13)7-5-10-16-8-3-4-9-16/h3-4,8-9,13-14H,2,5-7,10-12H2,1H3. The van der Waals surface area contributed by atoms with E-state index in [1.165, 1.54) is 12.8 Å². The maximum Gasteiger partial charge on any atom is 0.136 e. The van der Waals surface area contributed by atoms with Crippen molar-refractivity contribution in [3.05, 3.63) is 24.5 Å².